The molecule has 25 heavy (non-hydrogen) atoms. The molecule has 3 heterocycles. The van der Waals surface area contributed by atoms with E-state index >= 15 is 0 Å². The van der Waals surface area contributed by atoms with Crippen LogP contribution >= 0.6 is 0 Å². The number of carbonyl (C=O) groups excluding carboxylic acids is 1. The molecule has 1 aromatic carbocycles. The number of hydrogen-bond donors (Lipinski definition) is 0. The predicted molar refractivity (Wildman–Crippen MR) is 91.6 cm³/mol. The molecule has 0 aliphatic carbocycles. The van der Waals surface area contributed by atoms with E-state index in [-0.39, 0.29) is 0 Å². The lowest BCUT2D eigenvalue weighted by Crippen LogP contribution is -2.50. The van der Waals surface area contributed by atoms with Gasteiger partial charge < -0.3 is 9.47 Å². The highest BCUT2D eigenvalue weighted by atomic mass is 16.5. The van der Waals surface area contributed by atoms with Crippen LogP contribution in [0, 0.1) is 12.3 Å². The Labute approximate surface area is 146 Å². The van der Waals surface area contributed by atoms with Crippen LogP contribution in [0.1, 0.15) is 27.3 Å². The molecule has 1 saturated heterocycles. The maximum absolute atomic E-state index is 12.2. The van der Waals surface area contributed by atoms with Crippen molar-refractivity contribution in [3.8, 4) is 18.0 Å². The number of benzene rings is 1. The molecule has 6 heteroatoms. The third-order valence-corrected chi connectivity index (χ3v) is 4.86. The summed E-state index contributed by atoms with van der Waals surface area (Å²) in [6.07, 6.45) is 6.33. The molecular weight excluding hydrogens is 318 g/mol. The lowest BCUT2D eigenvalue weighted by molar-refractivity contribution is -0.0696. The average molecular weight is 337 g/mol. The molecule has 1 fully saturated rings. The van der Waals surface area contributed by atoms with E-state index in [2.05, 4.69) is 15.9 Å². The minimum atomic E-state index is -0.408. The van der Waals surface area contributed by atoms with Gasteiger partial charge in [0.1, 0.15) is 0 Å². The summed E-state index contributed by atoms with van der Waals surface area (Å²) in [6.45, 7) is 3.10. The summed E-state index contributed by atoms with van der Waals surface area (Å²) in [7, 11) is 1.38. The number of aromatic nitrogens is 2. The molecule has 2 aliphatic heterocycles. The number of hydrogen-bond acceptors (Lipinski definition) is 5. The van der Waals surface area contributed by atoms with Gasteiger partial charge in [-0.25, -0.2) is 9.48 Å². The summed E-state index contributed by atoms with van der Waals surface area (Å²) < 4.78 is 12.1. The highest BCUT2D eigenvalue weighted by Gasteiger charge is 2.34. The van der Waals surface area contributed by atoms with Gasteiger partial charge in [-0.15, -0.1) is 6.42 Å². The first-order valence-corrected chi connectivity index (χ1v) is 8.29. The molecule has 128 valence electrons. The summed E-state index contributed by atoms with van der Waals surface area (Å²) in [5.41, 5.74) is 4.02. The van der Waals surface area contributed by atoms with E-state index in [9.17, 15) is 4.79 Å². The summed E-state index contributed by atoms with van der Waals surface area (Å²) in [5.74, 6) is 2.23. The van der Waals surface area contributed by atoms with Gasteiger partial charge in [0.05, 0.1) is 37.7 Å². The van der Waals surface area contributed by atoms with Crippen LogP contribution in [0.15, 0.2) is 24.3 Å². The summed E-state index contributed by atoms with van der Waals surface area (Å²) >= 11 is 0. The summed E-state index contributed by atoms with van der Waals surface area (Å²) in [4.78, 5) is 14.6. The SMILES string of the molecule is C#Cc1cccc(-n2nc(C(=O)OC)c3c2CCN(C2COC2)C3)c1. The van der Waals surface area contributed by atoms with Crippen LogP contribution in [-0.2, 0) is 22.4 Å². The van der Waals surface area contributed by atoms with E-state index in [0.717, 1.165) is 48.7 Å². The second-order valence-electron chi connectivity index (χ2n) is 6.28. The normalized spacial score (nSPS) is 17.4. The smallest absolute Gasteiger partial charge is 0.358 e. The van der Waals surface area contributed by atoms with Gasteiger partial charge in [-0.05, 0) is 18.2 Å². The highest BCUT2D eigenvalue weighted by molar-refractivity contribution is 5.89. The number of methoxy groups -OCH3 is 1. The predicted octanol–water partition coefficient (Wildman–Crippen LogP) is 1.40. The second kappa shape index (κ2) is 6.36. The van der Waals surface area contributed by atoms with Gasteiger partial charge >= 0.3 is 5.97 Å². The van der Waals surface area contributed by atoms with Crippen LogP contribution in [0.2, 0.25) is 0 Å². The minimum absolute atomic E-state index is 0.383. The monoisotopic (exact) mass is 337 g/mol. The van der Waals surface area contributed by atoms with Crippen LogP contribution in [0.5, 0.6) is 0 Å². The third-order valence-electron chi connectivity index (χ3n) is 4.86. The molecule has 0 amide bonds. The molecule has 1 aromatic heterocycles. The number of rotatable bonds is 3. The first-order chi connectivity index (χ1) is 12.2. The molecule has 2 aromatic rings. The van der Waals surface area contributed by atoms with Crippen LogP contribution in [0.4, 0.5) is 0 Å². The fourth-order valence-corrected chi connectivity index (χ4v) is 3.39. The Morgan fingerprint density at radius 2 is 2.28 bits per heavy atom. The Morgan fingerprint density at radius 3 is 2.96 bits per heavy atom. The molecule has 0 N–H and O–H groups in total. The van der Waals surface area contributed by atoms with Gasteiger partial charge in [0.25, 0.3) is 0 Å². The highest BCUT2D eigenvalue weighted by Crippen LogP contribution is 2.28. The average Bonchev–Trinajstić information content (AvgIpc) is 2.98. The number of fused-ring (bicyclic) bond motifs is 1. The number of carbonyl (C=O) groups is 1. The van der Waals surface area contributed by atoms with Crippen LogP contribution in [0.3, 0.4) is 0 Å². The minimum Gasteiger partial charge on any atom is -0.464 e. The van der Waals surface area contributed by atoms with Crippen LogP contribution in [-0.4, -0.2) is 53.6 Å². The van der Waals surface area contributed by atoms with Crippen molar-refractivity contribution in [2.24, 2.45) is 0 Å². The van der Waals surface area contributed by atoms with Gasteiger partial charge in [0, 0.05) is 30.6 Å². The Morgan fingerprint density at radius 1 is 1.44 bits per heavy atom. The Bertz CT molecular complexity index is 861. The quantitative estimate of drug-likeness (QED) is 0.626. The van der Waals surface area contributed by atoms with E-state index in [4.69, 9.17) is 15.9 Å². The van der Waals surface area contributed by atoms with Gasteiger partial charge in [-0.3, -0.25) is 4.90 Å². The molecule has 0 radical (unpaired) electrons. The van der Waals surface area contributed by atoms with E-state index in [1.807, 2.05) is 28.9 Å². The zero-order chi connectivity index (χ0) is 17.4. The van der Waals surface area contributed by atoms with Crippen molar-refractivity contribution in [2.75, 3.05) is 26.9 Å². The molecule has 0 bridgehead atoms. The van der Waals surface area contributed by atoms with Crippen LogP contribution in [0.25, 0.3) is 5.69 Å². The molecular formula is C19H19N3O3. The largest absolute Gasteiger partial charge is 0.464 e. The van der Waals surface area contributed by atoms with Crippen LogP contribution < -0.4 is 0 Å². The van der Waals surface area contributed by atoms with Crippen molar-refractivity contribution in [3.63, 3.8) is 0 Å². The Kier molecular flexibility index (Phi) is 4.04. The Balaban J connectivity index is 1.77. The standard InChI is InChI=1S/C19H19N3O3/c1-3-13-5-4-6-14(9-13)22-17-7-8-21(15-11-25-12-15)10-16(17)18(20-22)19(23)24-2/h1,4-6,9,15H,7-8,10-12H2,2H3. The van der Waals surface area contributed by atoms with Crippen molar-refractivity contribution >= 4 is 5.97 Å². The zero-order valence-electron chi connectivity index (χ0n) is 14.1. The number of terminal acetylenes is 1. The van der Waals surface area contributed by atoms with E-state index in [1.165, 1.54) is 7.11 Å². The number of esters is 1. The van der Waals surface area contributed by atoms with Crippen molar-refractivity contribution in [3.05, 3.63) is 46.8 Å². The third kappa shape index (κ3) is 2.72. The van der Waals surface area contributed by atoms with Crippen molar-refractivity contribution in [1.82, 2.24) is 14.7 Å². The van der Waals surface area contributed by atoms with Gasteiger partial charge in [0.15, 0.2) is 5.69 Å². The molecule has 6 nitrogen and oxygen atoms in total. The lowest BCUT2D eigenvalue weighted by Gasteiger charge is -2.39. The van der Waals surface area contributed by atoms with Gasteiger partial charge in [0.2, 0.25) is 0 Å². The van der Waals surface area contributed by atoms with E-state index < -0.39 is 5.97 Å². The van der Waals surface area contributed by atoms with E-state index in [0.29, 0.717) is 18.3 Å². The topological polar surface area (TPSA) is 56.6 Å². The molecule has 0 spiro atoms. The summed E-state index contributed by atoms with van der Waals surface area (Å²) in [5, 5.41) is 4.56. The first kappa shape index (κ1) is 15.9. The molecule has 0 atom stereocenters. The molecule has 4 rings (SSSR count). The summed E-state index contributed by atoms with van der Waals surface area (Å²) in [6, 6.07) is 8.05. The first-order valence-electron chi connectivity index (χ1n) is 8.29. The zero-order valence-corrected chi connectivity index (χ0v) is 14.1. The lowest BCUT2D eigenvalue weighted by atomic mass is 10.0. The van der Waals surface area contributed by atoms with Crippen molar-refractivity contribution < 1.29 is 14.3 Å². The fourth-order valence-electron chi connectivity index (χ4n) is 3.39. The number of ether oxygens (including phenoxy) is 2. The fraction of sp³-hybridized carbons (Fsp3) is 0.368. The van der Waals surface area contributed by atoms with Gasteiger partial charge in [-0.1, -0.05) is 12.0 Å². The second-order valence-corrected chi connectivity index (χ2v) is 6.28. The molecule has 2 aliphatic rings. The van der Waals surface area contributed by atoms with Crippen molar-refractivity contribution in [1.29, 1.82) is 0 Å². The number of nitrogens with zero attached hydrogens (tertiary/aromatic N) is 3. The maximum atomic E-state index is 12.2. The van der Waals surface area contributed by atoms with Gasteiger partial charge in [-0.2, -0.15) is 5.10 Å². The maximum Gasteiger partial charge on any atom is 0.358 e. The molecule has 0 unspecified atom stereocenters. The molecule has 0 saturated carbocycles. The Hall–Kier alpha value is -2.62. The van der Waals surface area contributed by atoms with E-state index in [1.54, 1.807) is 0 Å². The van der Waals surface area contributed by atoms with Crippen molar-refractivity contribution in [2.45, 2.75) is 19.0 Å².